The van der Waals surface area contributed by atoms with Crippen molar-refractivity contribution in [1.82, 2.24) is 0 Å². The second-order valence-corrected chi connectivity index (χ2v) is 11.4. The average molecular weight is 618 g/mol. The first kappa shape index (κ1) is 33.0. The van der Waals surface area contributed by atoms with Crippen molar-refractivity contribution in [2.75, 3.05) is 28.4 Å². The van der Waals surface area contributed by atoms with Gasteiger partial charge >= 0.3 is 8.25 Å². The summed E-state index contributed by atoms with van der Waals surface area (Å²) < 4.78 is 46.7. The van der Waals surface area contributed by atoms with Crippen molar-refractivity contribution in [2.24, 2.45) is 0 Å². The van der Waals surface area contributed by atoms with Gasteiger partial charge in [0, 0.05) is 40.7 Å². The number of benzene rings is 4. The van der Waals surface area contributed by atoms with E-state index in [9.17, 15) is 4.57 Å². The molecule has 232 valence electrons. The highest BCUT2D eigenvalue weighted by atomic mass is 31.1. The zero-order chi connectivity index (χ0) is 31.5. The van der Waals surface area contributed by atoms with Gasteiger partial charge in [-0.2, -0.15) is 0 Å². The van der Waals surface area contributed by atoms with Crippen LogP contribution in [0.25, 0.3) is 0 Å². The van der Waals surface area contributed by atoms with E-state index >= 15 is 0 Å². The third kappa shape index (κ3) is 8.60. The van der Waals surface area contributed by atoms with E-state index in [0.717, 1.165) is 57.7 Å². The fourth-order valence-electron chi connectivity index (χ4n) is 5.08. The van der Waals surface area contributed by atoms with Gasteiger partial charge in [-0.05, 0) is 58.4 Å². The molecule has 4 rings (SSSR count). The number of aryl methyl sites for hydroxylation is 2. The molecule has 0 spiro atoms. The highest BCUT2D eigenvalue weighted by Crippen LogP contribution is 2.37. The summed E-state index contributed by atoms with van der Waals surface area (Å²) in [4.78, 5) is 0. The Hall–Kier alpha value is -3.90. The Balaban J connectivity index is 1.45. The summed E-state index contributed by atoms with van der Waals surface area (Å²) in [5.74, 6) is 2.61. The van der Waals surface area contributed by atoms with Crippen LogP contribution in [0.5, 0.6) is 23.0 Å². The first-order chi connectivity index (χ1) is 21.4. The lowest BCUT2D eigenvalue weighted by Crippen LogP contribution is -2.01. The van der Waals surface area contributed by atoms with E-state index in [1.807, 2.05) is 24.3 Å². The third-order valence-corrected chi connectivity index (χ3v) is 8.35. The normalized spacial score (nSPS) is 10.9. The summed E-state index contributed by atoms with van der Waals surface area (Å²) in [6.07, 6.45) is 3.34. The molecule has 0 bridgehead atoms. The van der Waals surface area contributed by atoms with Crippen LogP contribution in [0.2, 0.25) is 0 Å². The molecule has 0 saturated heterocycles. The quantitative estimate of drug-likeness (QED) is 0.117. The van der Waals surface area contributed by atoms with Crippen molar-refractivity contribution in [3.05, 3.63) is 117 Å². The highest BCUT2D eigenvalue weighted by Gasteiger charge is 2.24. The first-order valence-electron chi connectivity index (χ1n) is 14.8. The van der Waals surface area contributed by atoms with Crippen LogP contribution in [0.1, 0.15) is 58.4 Å². The molecular weight excluding hydrogens is 575 g/mol. The molecule has 0 amide bonds. The molecule has 0 N–H and O–H groups in total. The molecule has 0 unspecified atom stereocenters. The Kier molecular flexibility index (Phi) is 12.2. The predicted molar refractivity (Wildman–Crippen MR) is 174 cm³/mol. The van der Waals surface area contributed by atoms with Gasteiger partial charge in [0.05, 0.1) is 28.4 Å². The van der Waals surface area contributed by atoms with Crippen molar-refractivity contribution < 1.29 is 32.6 Å². The Morgan fingerprint density at radius 1 is 0.477 bits per heavy atom. The maximum Gasteiger partial charge on any atom is 0.698 e. The monoisotopic (exact) mass is 617 g/mol. The standard InChI is InChI=1S/C36H42O7P/c1-7-25-9-13-27(14-10-25)17-29-19-31(35(40-5)21-33(29)38-3)23-42-44(37)43-24-32-20-30(34(39-4)22-36(32)41-6)18-28-15-11-26(8-2)12-16-28/h9-16,19-22H,7-8,17-18,23-24H2,1-6H3/q+1. The van der Waals surface area contributed by atoms with Crippen molar-refractivity contribution in [1.29, 1.82) is 0 Å². The van der Waals surface area contributed by atoms with Gasteiger partial charge in [-0.15, -0.1) is 9.05 Å². The van der Waals surface area contributed by atoms with E-state index < -0.39 is 8.25 Å². The molecule has 0 radical (unpaired) electrons. The van der Waals surface area contributed by atoms with Gasteiger partial charge in [0.25, 0.3) is 0 Å². The van der Waals surface area contributed by atoms with Crippen molar-refractivity contribution in [3.63, 3.8) is 0 Å². The molecule has 0 saturated carbocycles. The highest BCUT2D eigenvalue weighted by molar-refractivity contribution is 7.33. The van der Waals surface area contributed by atoms with Crippen LogP contribution in [0, 0.1) is 0 Å². The molecule has 44 heavy (non-hydrogen) atoms. The van der Waals surface area contributed by atoms with Crippen LogP contribution in [-0.4, -0.2) is 28.4 Å². The number of methoxy groups -OCH3 is 4. The summed E-state index contributed by atoms with van der Waals surface area (Å²) in [6.45, 7) is 4.37. The van der Waals surface area contributed by atoms with E-state index in [2.05, 4.69) is 62.4 Å². The summed E-state index contributed by atoms with van der Waals surface area (Å²) >= 11 is 0. The van der Waals surface area contributed by atoms with Gasteiger partial charge in [-0.25, -0.2) is 0 Å². The Morgan fingerprint density at radius 3 is 1.11 bits per heavy atom. The second-order valence-electron chi connectivity index (χ2n) is 10.4. The molecule has 4 aromatic rings. The van der Waals surface area contributed by atoms with Gasteiger partial charge in [-0.1, -0.05) is 62.4 Å². The van der Waals surface area contributed by atoms with Crippen LogP contribution in [0.4, 0.5) is 0 Å². The molecule has 0 atom stereocenters. The fourth-order valence-corrected chi connectivity index (χ4v) is 5.65. The van der Waals surface area contributed by atoms with Crippen LogP contribution >= 0.6 is 8.25 Å². The Labute approximate surface area is 262 Å². The largest absolute Gasteiger partial charge is 0.698 e. The van der Waals surface area contributed by atoms with Gasteiger partial charge in [0.1, 0.15) is 36.2 Å². The van der Waals surface area contributed by atoms with E-state index in [0.29, 0.717) is 24.3 Å². The number of rotatable bonds is 16. The number of ether oxygens (including phenoxy) is 4. The topological polar surface area (TPSA) is 72.5 Å². The van der Waals surface area contributed by atoms with E-state index in [-0.39, 0.29) is 13.2 Å². The number of hydrogen-bond donors (Lipinski definition) is 0. The second kappa shape index (κ2) is 16.2. The lowest BCUT2D eigenvalue weighted by atomic mass is 10.00. The molecule has 8 heteroatoms. The summed E-state index contributed by atoms with van der Waals surface area (Å²) in [6, 6.07) is 24.7. The average Bonchev–Trinajstić information content (AvgIpc) is 3.07. The van der Waals surface area contributed by atoms with E-state index in [1.165, 1.54) is 11.1 Å². The van der Waals surface area contributed by atoms with Crippen molar-refractivity contribution in [2.45, 2.75) is 52.7 Å². The fraction of sp³-hybridized carbons (Fsp3) is 0.333. The van der Waals surface area contributed by atoms with Gasteiger partial charge in [-0.3, -0.25) is 0 Å². The summed E-state index contributed by atoms with van der Waals surface area (Å²) in [7, 11) is 4.02. The maximum absolute atomic E-state index is 12.9. The van der Waals surface area contributed by atoms with Gasteiger partial charge in [0.15, 0.2) is 0 Å². The van der Waals surface area contributed by atoms with Crippen LogP contribution in [-0.2, 0) is 52.5 Å². The van der Waals surface area contributed by atoms with Crippen molar-refractivity contribution in [3.8, 4) is 23.0 Å². The summed E-state index contributed by atoms with van der Waals surface area (Å²) in [5.41, 5.74) is 8.37. The minimum atomic E-state index is -2.44. The van der Waals surface area contributed by atoms with E-state index in [4.69, 9.17) is 28.0 Å². The van der Waals surface area contributed by atoms with Gasteiger partial charge < -0.3 is 18.9 Å². The Morgan fingerprint density at radius 2 is 0.795 bits per heavy atom. The van der Waals surface area contributed by atoms with E-state index in [1.54, 1.807) is 28.4 Å². The number of hydrogen-bond acceptors (Lipinski definition) is 7. The van der Waals surface area contributed by atoms with Crippen molar-refractivity contribution >= 4 is 8.25 Å². The molecule has 0 aliphatic carbocycles. The molecular formula is C36H42O7P+. The molecule has 0 aliphatic heterocycles. The lowest BCUT2D eigenvalue weighted by molar-refractivity contribution is 0.209. The maximum atomic E-state index is 12.9. The molecule has 7 nitrogen and oxygen atoms in total. The minimum Gasteiger partial charge on any atom is -0.496 e. The zero-order valence-electron chi connectivity index (χ0n) is 26.5. The SMILES string of the molecule is CCc1ccc(Cc2cc(CO[P+](=O)OCc3cc(Cc4ccc(CC)cc4)c(OC)cc3OC)c(OC)cc2OC)cc1. The minimum absolute atomic E-state index is 0.0445. The molecule has 0 aromatic heterocycles. The molecule has 4 aromatic carbocycles. The Bertz CT molecular complexity index is 1420. The summed E-state index contributed by atoms with van der Waals surface area (Å²) in [5, 5.41) is 0. The smallest absolute Gasteiger partial charge is 0.496 e. The van der Waals surface area contributed by atoms with Crippen LogP contribution in [0.15, 0.2) is 72.8 Å². The third-order valence-electron chi connectivity index (χ3n) is 7.67. The predicted octanol–water partition coefficient (Wildman–Crippen LogP) is 8.42. The zero-order valence-corrected chi connectivity index (χ0v) is 27.4. The molecule has 0 fully saturated rings. The molecule has 0 aliphatic rings. The van der Waals surface area contributed by atoms with Gasteiger partial charge in [0.2, 0.25) is 0 Å². The van der Waals surface area contributed by atoms with Crippen LogP contribution in [0.3, 0.4) is 0 Å². The first-order valence-corrected chi connectivity index (χ1v) is 15.9. The van der Waals surface area contributed by atoms with Crippen LogP contribution < -0.4 is 18.9 Å². The molecule has 0 heterocycles. The lowest BCUT2D eigenvalue weighted by Gasteiger charge is -2.14.